The molecule has 0 saturated carbocycles. The fourth-order valence-corrected chi connectivity index (χ4v) is 1.75. The van der Waals surface area contributed by atoms with Crippen molar-refractivity contribution in [2.45, 2.75) is 45.8 Å². The molecule has 2 unspecified atom stereocenters. The van der Waals surface area contributed by atoms with E-state index in [1.807, 2.05) is 6.92 Å². The van der Waals surface area contributed by atoms with Crippen molar-refractivity contribution in [1.82, 2.24) is 5.32 Å². The third-order valence-electron chi connectivity index (χ3n) is 3.04. The van der Waals surface area contributed by atoms with E-state index in [4.69, 9.17) is 9.84 Å². The van der Waals surface area contributed by atoms with Crippen molar-refractivity contribution in [3.8, 4) is 0 Å². The molecule has 1 saturated heterocycles. The Bertz CT molecular complexity index is 348. The molecule has 96 valence electrons. The highest BCUT2D eigenvalue weighted by Crippen LogP contribution is 2.14. The van der Waals surface area contributed by atoms with Crippen molar-refractivity contribution in [2.24, 2.45) is 0 Å². The summed E-state index contributed by atoms with van der Waals surface area (Å²) in [6, 6.07) is 0.0720. The molecule has 0 spiro atoms. The van der Waals surface area contributed by atoms with Crippen LogP contribution in [0, 0.1) is 0 Å². The molecule has 5 nitrogen and oxygen atoms in total. The number of carboxylic acids is 1. The molecule has 1 fully saturated rings. The smallest absolute Gasteiger partial charge is 0.331 e. The summed E-state index contributed by atoms with van der Waals surface area (Å²) in [4.78, 5) is 22.5. The summed E-state index contributed by atoms with van der Waals surface area (Å²) in [6.07, 6.45) is 1.68. The number of hydrogen-bond donors (Lipinski definition) is 2. The number of carbonyl (C=O) groups excluding carboxylic acids is 1. The Morgan fingerprint density at radius 3 is 2.47 bits per heavy atom. The summed E-state index contributed by atoms with van der Waals surface area (Å²) in [5, 5.41) is 11.6. The molecule has 5 heteroatoms. The van der Waals surface area contributed by atoms with E-state index in [1.165, 1.54) is 13.8 Å². The first kappa shape index (κ1) is 13.7. The lowest BCUT2D eigenvalue weighted by molar-refractivity contribution is -0.133. The minimum Gasteiger partial charge on any atom is -0.478 e. The minimum absolute atomic E-state index is 0.0720. The van der Waals surface area contributed by atoms with Crippen LogP contribution in [0.2, 0.25) is 0 Å². The molecule has 1 rings (SSSR count). The molecule has 1 aliphatic heterocycles. The van der Waals surface area contributed by atoms with Crippen LogP contribution in [0.1, 0.15) is 33.6 Å². The van der Waals surface area contributed by atoms with Crippen molar-refractivity contribution >= 4 is 11.9 Å². The largest absolute Gasteiger partial charge is 0.478 e. The van der Waals surface area contributed by atoms with Crippen molar-refractivity contribution in [3.63, 3.8) is 0 Å². The lowest BCUT2D eigenvalue weighted by Gasteiger charge is -2.28. The van der Waals surface area contributed by atoms with Gasteiger partial charge in [-0.3, -0.25) is 4.79 Å². The SMILES string of the molecule is CC(C(=O)O)=C(C)C(=O)NC1CCOC(C)C1. The predicted octanol–water partition coefficient (Wildman–Crippen LogP) is 1.09. The number of carbonyl (C=O) groups is 2. The Morgan fingerprint density at radius 1 is 1.29 bits per heavy atom. The summed E-state index contributed by atoms with van der Waals surface area (Å²) < 4.78 is 5.38. The van der Waals surface area contributed by atoms with Crippen molar-refractivity contribution in [1.29, 1.82) is 0 Å². The molecule has 0 aromatic carbocycles. The van der Waals surface area contributed by atoms with Gasteiger partial charge in [0.15, 0.2) is 0 Å². The second-order valence-electron chi connectivity index (χ2n) is 4.43. The standard InChI is InChI=1S/C12H19NO4/c1-7-6-10(4-5-17-7)13-11(14)8(2)9(3)12(15)16/h7,10H,4-6H2,1-3H3,(H,13,14)(H,15,16). The second-order valence-corrected chi connectivity index (χ2v) is 4.43. The van der Waals surface area contributed by atoms with Gasteiger partial charge in [-0.25, -0.2) is 4.79 Å². The van der Waals surface area contributed by atoms with Gasteiger partial charge < -0.3 is 15.2 Å². The van der Waals surface area contributed by atoms with Crippen molar-refractivity contribution < 1.29 is 19.4 Å². The Labute approximate surface area is 101 Å². The van der Waals surface area contributed by atoms with E-state index < -0.39 is 5.97 Å². The lowest BCUT2D eigenvalue weighted by atomic mass is 10.0. The van der Waals surface area contributed by atoms with Gasteiger partial charge in [0.05, 0.1) is 6.10 Å². The van der Waals surface area contributed by atoms with Crippen LogP contribution in [0.4, 0.5) is 0 Å². The third-order valence-corrected chi connectivity index (χ3v) is 3.04. The molecule has 0 aliphatic carbocycles. The molecule has 1 heterocycles. The van der Waals surface area contributed by atoms with E-state index in [0.717, 1.165) is 12.8 Å². The zero-order valence-corrected chi connectivity index (χ0v) is 10.4. The molecule has 0 radical (unpaired) electrons. The summed E-state index contributed by atoms with van der Waals surface area (Å²) in [5.41, 5.74) is 0.347. The van der Waals surface area contributed by atoms with Crippen LogP contribution in [0.3, 0.4) is 0 Å². The van der Waals surface area contributed by atoms with Gasteiger partial charge in [-0.15, -0.1) is 0 Å². The van der Waals surface area contributed by atoms with Gasteiger partial charge in [-0.2, -0.15) is 0 Å². The quantitative estimate of drug-likeness (QED) is 0.725. The van der Waals surface area contributed by atoms with Crippen LogP contribution in [0.25, 0.3) is 0 Å². The summed E-state index contributed by atoms with van der Waals surface area (Å²) in [6.45, 7) is 5.56. The number of rotatable bonds is 3. The second kappa shape index (κ2) is 5.82. The van der Waals surface area contributed by atoms with Gasteiger partial charge in [-0.1, -0.05) is 0 Å². The first-order chi connectivity index (χ1) is 7.91. The van der Waals surface area contributed by atoms with Crippen LogP contribution in [-0.2, 0) is 14.3 Å². The molecular weight excluding hydrogens is 222 g/mol. The van der Waals surface area contributed by atoms with Crippen LogP contribution in [-0.4, -0.2) is 35.7 Å². The van der Waals surface area contributed by atoms with Crippen molar-refractivity contribution in [2.75, 3.05) is 6.61 Å². The van der Waals surface area contributed by atoms with E-state index in [1.54, 1.807) is 0 Å². The number of carboxylic acid groups (broad SMARTS) is 1. The molecule has 1 amide bonds. The third kappa shape index (κ3) is 3.85. The highest BCUT2D eigenvalue weighted by Gasteiger charge is 2.22. The van der Waals surface area contributed by atoms with Crippen LogP contribution in [0.15, 0.2) is 11.1 Å². The first-order valence-electron chi connectivity index (χ1n) is 5.75. The summed E-state index contributed by atoms with van der Waals surface area (Å²) >= 11 is 0. The highest BCUT2D eigenvalue weighted by atomic mass is 16.5. The Morgan fingerprint density at radius 2 is 1.94 bits per heavy atom. The number of amides is 1. The molecule has 0 aromatic heterocycles. The zero-order chi connectivity index (χ0) is 13.0. The normalized spacial score (nSPS) is 26.1. The molecule has 0 bridgehead atoms. The molecule has 2 N–H and O–H groups in total. The maximum atomic E-state index is 11.8. The average Bonchev–Trinajstić information content (AvgIpc) is 2.26. The maximum absolute atomic E-state index is 11.8. The Kier molecular flexibility index (Phi) is 4.69. The van der Waals surface area contributed by atoms with E-state index >= 15 is 0 Å². The maximum Gasteiger partial charge on any atom is 0.331 e. The van der Waals surface area contributed by atoms with Crippen LogP contribution >= 0.6 is 0 Å². The highest BCUT2D eigenvalue weighted by molar-refractivity contribution is 6.01. The van der Waals surface area contributed by atoms with Gasteiger partial charge in [0, 0.05) is 23.8 Å². The van der Waals surface area contributed by atoms with Gasteiger partial charge >= 0.3 is 5.97 Å². The summed E-state index contributed by atoms with van der Waals surface area (Å²) in [7, 11) is 0. The molecule has 1 aliphatic rings. The van der Waals surface area contributed by atoms with Gasteiger partial charge in [0.1, 0.15) is 0 Å². The average molecular weight is 241 g/mol. The number of aliphatic carboxylic acids is 1. The van der Waals surface area contributed by atoms with Gasteiger partial charge in [0.2, 0.25) is 5.91 Å². The molecule has 0 aromatic rings. The summed E-state index contributed by atoms with van der Waals surface area (Å²) in [5.74, 6) is -1.36. The Balaban J connectivity index is 2.60. The molecular formula is C12H19NO4. The predicted molar refractivity (Wildman–Crippen MR) is 62.6 cm³/mol. The number of hydrogen-bond acceptors (Lipinski definition) is 3. The molecule has 17 heavy (non-hydrogen) atoms. The zero-order valence-electron chi connectivity index (χ0n) is 10.4. The topological polar surface area (TPSA) is 75.6 Å². The van der Waals surface area contributed by atoms with E-state index in [0.29, 0.717) is 6.61 Å². The monoisotopic (exact) mass is 241 g/mol. The minimum atomic E-state index is -1.06. The van der Waals surface area contributed by atoms with E-state index in [2.05, 4.69) is 5.32 Å². The Hall–Kier alpha value is -1.36. The number of ether oxygens (including phenoxy) is 1. The van der Waals surface area contributed by atoms with E-state index in [-0.39, 0.29) is 29.2 Å². The molecule has 2 atom stereocenters. The fraction of sp³-hybridized carbons (Fsp3) is 0.667. The first-order valence-corrected chi connectivity index (χ1v) is 5.75. The van der Waals surface area contributed by atoms with Crippen molar-refractivity contribution in [3.05, 3.63) is 11.1 Å². The number of nitrogens with one attached hydrogen (secondary N) is 1. The van der Waals surface area contributed by atoms with E-state index in [9.17, 15) is 9.59 Å². The fourth-order valence-electron chi connectivity index (χ4n) is 1.75. The van der Waals surface area contributed by atoms with Gasteiger partial charge in [0.25, 0.3) is 0 Å². The van der Waals surface area contributed by atoms with Gasteiger partial charge in [-0.05, 0) is 33.6 Å². The lowest BCUT2D eigenvalue weighted by Crippen LogP contribution is -2.41. The van der Waals surface area contributed by atoms with Crippen LogP contribution in [0.5, 0.6) is 0 Å². The van der Waals surface area contributed by atoms with Crippen LogP contribution < -0.4 is 5.32 Å².